The number of benzene rings is 2. The monoisotopic (exact) mass is 495 g/mol. The smallest absolute Gasteiger partial charge is 0.338 e. The van der Waals surface area contributed by atoms with E-state index in [1.807, 2.05) is 43.5 Å². The standard InChI is InChI=1S/C25H29N5O4S/c1-5-30-22(17(4)26-23(32)18-10-7-9-16(3)13-18)28-29-25(30)35-15-21(31)27-20-12-8-11-19(14-20)24(33)34-6-2/h7-14,17H,5-6,15H2,1-4H3,(H,26,32)(H,27,31)/t17-/m1/s1. The molecule has 0 saturated carbocycles. The van der Waals surface area contributed by atoms with Gasteiger partial charge in [0.25, 0.3) is 5.91 Å². The molecule has 0 unspecified atom stereocenters. The number of aromatic nitrogens is 3. The molecule has 0 spiro atoms. The Morgan fingerprint density at radius 3 is 2.51 bits per heavy atom. The number of aryl methyl sites for hydroxylation is 1. The predicted molar refractivity (Wildman–Crippen MR) is 135 cm³/mol. The lowest BCUT2D eigenvalue weighted by Crippen LogP contribution is -2.28. The first-order chi connectivity index (χ1) is 16.8. The molecular formula is C25H29N5O4S. The highest BCUT2D eigenvalue weighted by atomic mass is 32.2. The molecule has 2 amide bonds. The molecule has 1 heterocycles. The van der Waals surface area contributed by atoms with Gasteiger partial charge in [0.1, 0.15) is 0 Å². The van der Waals surface area contributed by atoms with Crippen LogP contribution in [0.15, 0.2) is 53.7 Å². The number of carbonyl (C=O) groups excluding carboxylic acids is 3. The second-order valence-electron chi connectivity index (χ2n) is 7.79. The van der Waals surface area contributed by atoms with Crippen LogP contribution in [0.1, 0.15) is 58.9 Å². The third-order valence-electron chi connectivity index (χ3n) is 5.07. The average molecular weight is 496 g/mol. The fourth-order valence-electron chi connectivity index (χ4n) is 3.42. The van der Waals surface area contributed by atoms with E-state index < -0.39 is 5.97 Å². The maximum atomic E-state index is 12.6. The lowest BCUT2D eigenvalue weighted by molar-refractivity contribution is -0.113. The Morgan fingerprint density at radius 1 is 1.06 bits per heavy atom. The van der Waals surface area contributed by atoms with E-state index >= 15 is 0 Å². The molecule has 0 radical (unpaired) electrons. The first-order valence-electron chi connectivity index (χ1n) is 11.3. The molecule has 0 aliphatic heterocycles. The van der Waals surface area contributed by atoms with E-state index in [-0.39, 0.29) is 30.2 Å². The minimum atomic E-state index is -0.440. The summed E-state index contributed by atoms with van der Waals surface area (Å²) in [6.45, 7) is 8.33. The fourth-order valence-corrected chi connectivity index (χ4v) is 4.23. The second kappa shape index (κ2) is 12.2. The van der Waals surface area contributed by atoms with Crippen molar-refractivity contribution in [2.24, 2.45) is 0 Å². The summed E-state index contributed by atoms with van der Waals surface area (Å²) >= 11 is 1.25. The lowest BCUT2D eigenvalue weighted by Gasteiger charge is -2.15. The highest BCUT2D eigenvalue weighted by Gasteiger charge is 2.20. The number of amides is 2. The highest BCUT2D eigenvalue weighted by Crippen LogP contribution is 2.21. The SMILES string of the molecule is CCOC(=O)c1cccc(NC(=O)CSc2nnc([C@@H](C)NC(=O)c3cccc(C)c3)n2CC)c1. The number of thioether (sulfide) groups is 1. The normalized spacial score (nSPS) is 11.5. The maximum Gasteiger partial charge on any atom is 0.338 e. The van der Waals surface area contributed by atoms with Crippen LogP contribution in [0.25, 0.3) is 0 Å². The average Bonchev–Trinajstić information content (AvgIpc) is 3.26. The summed E-state index contributed by atoms with van der Waals surface area (Å²) in [5, 5.41) is 14.8. The van der Waals surface area contributed by atoms with E-state index in [1.54, 1.807) is 37.3 Å². The molecule has 184 valence electrons. The summed E-state index contributed by atoms with van der Waals surface area (Å²) < 4.78 is 6.87. The zero-order valence-electron chi connectivity index (χ0n) is 20.2. The predicted octanol–water partition coefficient (Wildman–Crippen LogP) is 4.00. The van der Waals surface area contributed by atoms with Gasteiger partial charge in [0.2, 0.25) is 5.91 Å². The Kier molecular flexibility index (Phi) is 9.02. The quantitative estimate of drug-likeness (QED) is 0.323. The lowest BCUT2D eigenvalue weighted by atomic mass is 10.1. The zero-order chi connectivity index (χ0) is 25.4. The summed E-state index contributed by atoms with van der Waals surface area (Å²) in [5.74, 6) is -0.163. The van der Waals surface area contributed by atoms with E-state index in [4.69, 9.17) is 4.74 Å². The van der Waals surface area contributed by atoms with Crippen LogP contribution in [-0.4, -0.2) is 44.9 Å². The topological polar surface area (TPSA) is 115 Å². The number of anilines is 1. The molecule has 0 fully saturated rings. The zero-order valence-corrected chi connectivity index (χ0v) is 21.0. The second-order valence-corrected chi connectivity index (χ2v) is 8.73. The first-order valence-corrected chi connectivity index (χ1v) is 12.3. The van der Waals surface area contributed by atoms with Gasteiger partial charge in [-0.05, 0) is 58.0 Å². The Bertz CT molecular complexity index is 1210. The summed E-state index contributed by atoms with van der Waals surface area (Å²) in [6, 6.07) is 13.6. The van der Waals surface area contributed by atoms with Crippen molar-refractivity contribution in [3.05, 3.63) is 71.0 Å². The first kappa shape index (κ1) is 26.0. The van der Waals surface area contributed by atoms with Crippen molar-refractivity contribution in [1.82, 2.24) is 20.1 Å². The van der Waals surface area contributed by atoms with Crippen LogP contribution in [-0.2, 0) is 16.1 Å². The van der Waals surface area contributed by atoms with Gasteiger partial charge in [0.15, 0.2) is 11.0 Å². The van der Waals surface area contributed by atoms with E-state index in [2.05, 4.69) is 20.8 Å². The molecule has 1 atom stereocenters. The molecule has 10 heteroatoms. The van der Waals surface area contributed by atoms with E-state index in [1.165, 1.54) is 11.8 Å². The van der Waals surface area contributed by atoms with Gasteiger partial charge in [0.05, 0.1) is 24.0 Å². The number of hydrogen-bond acceptors (Lipinski definition) is 7. The fraction of sp³-hybridized carbons (Fsp3) is 0.320. The van der Waals surface area contributed by atoms with Gasteiger partial charge in [-0.1, -0.05) is 35.5 Å². The molecule has 0 bridgehead atoms. The third kappa shape index (κ3) is 6.92. The summed E-state index contributed by atoms with van der Waals surface area (Å²) in [7, 11) is 0. The van der Waals surface area contributed by atoms with Crippen LogP contribution in [0.3, 0.4) is 0 Å². The van der Waals surface area contributed by atoms with Gasteiger partial charge < -0.3 is 19.9 Å². The molecule has 3 rings (SSSR count). The summed E-state index contributed by atoms with van der Waals surface area (Å²) in [5.41, 5.74) is 2.46. The Morgan fingerprint density at radius 2 is 1.80 bits per heavy atom. The van der Waals surface area contributed by atoms with Crippen molar-refractivity contribution >= 4 is 35.2 Å². The maximum absolute atomic E-state index is 12.6. The van der Waals surface area contributed by atoms with Crippen LogP contribution in [0, 0.1) is 6.92 Å². The molecular weight excluding hydrogens is 466 g/mol. The molecule has 1 aromatic heterocycles. The molecule has 9 nitrogen and oxygen atoms in total. The van der Waals surface area contributed by atoms with Crippen LogP contribution < -0.4 is 10.6 Å². The molecule has 0 aliphatic rings. The van der Waals surface area contributed by atoms with Gasteiger partial charge in [-0.2, -0.15) is 0 Å². The number of carbonyl (C=O) groups is 3. The number of nitrogens with one attached hydrogen (secondary N) is 2. The van der Waals surface area contributed by atoms with Crippen molar-refractivity contribution in [3.8, 4) is 0 Å². The van der Waals surface area contributed by atoms with E-state index in [0.29, 0.717) is 34.3 Å². The van der Waals surface area contributed by atoms with Gasteiger partial charge in [-0.25, -0.2) is 4.79 Å². The van der Waals surface area contributed by atoms with Gasteiger partial charge >= 0.3 is 5.97 Å². The highest BCUT2D eigenvalue weighted by molar-refractivity contribution is 7.99. The van der Waals surface area contributed by atoms with Crippen molar-refractivity contribution in [2.75, 3.05) is 17.7 Å². The number of esters is 1. The van der Waals surface area contributed by atoms with Crippen molar-refractivity contribution in [1.29, 1.82) is 0 Å². The molecule has 0 saturated heterocycles. The van der Waals surface area contributed by atoms with Gasteiger partial charge in [-0.15, -0.1) is 10.2 Å². The van der Waals surface area contributed by atoms with Crippen LogP contribution in [0.5, 0.6) is 0 Å². The molecule has 3 aromatic rings. The van der Waals surface area contributed by atoms with Gasteiger partial charge in [0, 0.05) is 17.8 Å². The Hall–Kier alpha value is -3.66. The number of nitrogens with zero attached hydrogens (tertiary/aromatic N) is 3. The minimum absolute atomic E-state index is 0.103. The minimum Gasteiger partial charge on any atom is -0.462 e. The van der Waals surface area contributed by atoms with Crippen LogP contribution in [0.4, 0.5) is 5.69 Å². The number of hydrogen-bond donors (Lipinski definition) is 2. The van der Waals surface area contributed by atoms with Crippen molar-refractivity contribution < 1.29 is 19.1 Å². The molecule has 35 heavy (non-hydrogen) atoms. The summed E-state index contributed by atoms with van der Waals surface area (Å²) in [6.07, 6.45) is 0. The molecule has 2 aromatic carbocycles. The van der Waals surface area contributed by atoms with Crippen LogP contribution in [0.2, 0.25) is 0 Å². The summed E-state index contributed by atoms with van der Waals surface area (Å²) in [4.78, 5) is 37.0. The van der Waals surface area contributed by atoms with Gasteiger partial charge in [-0.3, -0.25) is 9.59 Å². The van der Waals surface area contributed by atoms with Crippen LogP contribution >= 0.6 is 11.8 Å². The van der Waals surface area contributed by atoms with E-state index in [9.17, 15) is 14.4 Å². The number of ether oxygens (including phenoxy) is 1. The molecule has 2 N–H and O–H groups in total. The largest absolute Gasteiger partial charge is 0.462 e. The third-order valence-corrected chi connectivity index (χ3v) is 6.03. The Labute approximate surface area is 208 Å². The molecule has 0 aliphatic carbocycles. The van der Waals surface area contributed by atoms with E-state index in [0.717, 1.165) is 5.56 Å². The van der Waals surface area contributed by atoms with Crippen molar-refractivity contribution in [3.63, 3.8) is 0 Å². The number of rotatable bonds is 10. The Balaban J connectivity index is 1.61. The van der Waals surface area contributed by atoms with Crippen molar-refractivity contribution in [2.45, 2.75) is 45.4 Å².